The number of rotatable bonds is 2. The molecule has 0 aliphatic carbocycles. The second-order valence-corrected chi connectivity index (χ2v) is 4.86. The monoisotopic (exact) mass is 274 g/mol. The highest BCUT2D eigenvalue weighted by Gasteiger charge is 2.30. The van der Waals surface area contributed by atoms with Gasteiger partial charge in [0.1, 0.15) is 6.10 Å². The lowest BCUT2D eigenvalue weighted by atomic mass is 9.96. The number of ether oxygens (including phenoxy) is 1. The summed E-state index contributed by atoms with van der Waals surface area (Å²) in [4.78, 5) is 11.5. The lowest BCUT2D eigenvalue weighted by Crippen LogP contribution is -2.00. The molecule has 1 atom stereocenters. The molecule has 1 aliphatic rings. The largest absolute Gasteiger partial charge is 0.454 e. The summed E-state index contributed by atoms with van der Waals surface area (Å²) in [6.45, 7) is 3.70. The van der Waals surface area contributed by atoms with Gasteiger partial charge < -0.3 is 4.74 Å². The van der Waals surface area contributed by atoms with Gasteiger partial charge in [-0.25, -0.2) is 4.79 Å². The molecule has 3 rings (SSSR count). The molecular weight excluding hydrogens is 264 g/mol. The fourth-order valence-electron chi connectivity index (χ4n) is 2.20. The number of aromatic nitrogens is 2. The minimum Gasteiger partial charge on any atom is -0.454 e. The van der Waals surface area contributed by atoms with Gasteiger partial charge in [0.05, 0.1) is 6.20 Å². The van der Waals surface area contributed by atoms with Gasteiger partial charge in [-0.3, -0.25) is 5.10 Å². The SMILES string of the molecule is C=C1CC(c2cc(Cl)ccc2-c2cn[nH]c2)OC1=O. The number of carbonyl (C=O) groups is 1. The topological polar surface area (TPSA) is 55.0 Å². The summed E-state index contributed by atoms with van der Waals surface area (Å²) >= 11 is 6.04. The fraction of sp³-hybridized carbons (Fsp3) is 0.143. The third kappa shape index (κ3) is 2.15. The molecule has 4 nitrogen and oxygen atoms in total. The van der Waals surface area contributed by atoms with Gasteiger partial charge in [0, 0.05) is 34.3 Å². The normalized spacial score (nSPS) is 18.7. The smallest absolute Gasteiger partial charge is 0.334 e. The summed E-state index contributed by atoms with van der Waals surface area (Å²) in [6.07, 6.45) is 3.67. The molecule has 1 aromatic heterocycles. The Kier molecular flexibility index (Phi) is 2.87. The fourth-order valence-corrected chi connectivity index (χ4v) is 2.38. The first-order valence-electron chi connectivity index (χ1n) is 5.82. The molecule has 2 aromatic rings. The zero-order valence-electron chi connectivity index (χ0n) is 10.0. The second-order valence-electron chi connectivity index (χ2n) is 4.42. The molecule has 0 spiro atoms. The molecule has 1 unspecified atom stereocenters. The zero-order valence-corrected chi connectivity index (χ0v) is 10.8. The van der Waals surface area contributed by atoms with E-state index in [1.54, 1.807) is 18.5 Å². The van der Waals surface area contributed by atoms with E-state index < -0.39 is 0 Å². The van der Waals surface area contributed by atoms with Crippen molar-refractivity contribution in [2.75, 3.05) is 0 Å². The van der Waals surface area contributed by atoms with E-state index in [4.69, 9.17) is 16.3 Å². The van der Waals surface area contributed by atoms with E-state index in [0.29, 0.717) is 17.0 Å². The number of hydrogen-bond acceptors (Lipinski definition) is 3. The maximum atomic E-state index is 11.5. The number of esters is 1. The predicted octanol–water partition coefficient (Wildman–Crippen LogP) is 3.27. The van der Waals surface area contributed by atoms with Gasteiger partial charge in [-0.15, -0.1) is 0 Å². The van der Waals surface area contributed by atoms with E-state index in [9.17, 15) is 4.79 Å². The van der Waals surface area contributed by atoms with Crippen LogP contribution >= 0.6 is 11.6 Å². The van der Waals surface area contributed by atoms with Gasteiger partial charge in [0.25, 0.3) is 0 Å². The molecule has 1 fully saturated rings. The molecule has 96 valence electrons. The zero-order chi connectivity index (χ0) is 13.4. The van der Waals surface area contributed by atoms with E-state index in [2.05, 4.69) is 16.8 Å². The highest BCUT2D eigenvalue weighted by atomic mass is 35.5. The number of nitrogens with one attached hydrogen (secondary N) is 1. The van der Waals surface area contributed by atoms with Crippen molar-refractivity contribution < 1.29 is 9.53 Å². The van der Waals surface area contributed by atoms with Crippen molar-refractivity contribution in [2.45, 2.75) is 12.5 Å². The van der Waals surface area contributed by atoms with Crippen molar-refractivity contribution in [3.8, 4) is 11.1 Å². The van der Waals surface area contributed by atoms with Crippen molar-refractivity contribution in [2.24, 2.45) is 0 Å². The number of carbonyl (C=O) groups excluding carboxylic acids is 1. The number of cyclic esters (lactones) is 1. The van der Waals surface area contributed by atoms with Crippen LogP contribution in [-0.4, -0.2) is 16.2 Å². The van der Waals surface area contributed by atoms with Crippen LogP contribution in [0.1, 0.15) is 18.1 Å². The Hall–Kier alpha value is -2.07. The first-order valence-corrected chi connectivity index (χ1v) is 6.20. The van der Waals surface area contributed by atoms with Crippen LogP contribution in [0.3, 0.4) is 0 Å². The Bertz CT molecular complexity index is 633. The summed E-state index contributed by atoms with van der Waals surface area (Å²) in [6, 6.07) is 5.52. The number of halogens is 1. The third-order valence-electron chi connectivity index (χ3n) is 3.14. The van der Waals surface area contributed by atoms with E-state index in [0.717, 1.165) is 16.7 Å². The maximum absolute atomic E-state index is 11.5. The Morgan fingerprint density at radius 1 is 1.47 bits per heavy atom. The average Bonchev–Trinajstić information content (AvgIpc) is 3.00. The Labute approximate surface area is 115 Å². The minimum atomic E-state index is -0.344. The highest BCUT2D eigenvalue weighted by Crippen LogP contribution is 2.38. The quantitative estimate of drug-likeness (QED) is 0.675. The summed E-state index contributed by atoms with van der Waals surface area (Å²) in [5.41, 5.74) is 3.25. The molecular formula is C14H11ClN2O2. The molecule has 1 saturated heterocycles. The van der Waals surface area contributed by atoms with Gasteiger partial charge in [0.2, 0.25) is 0 Å². The van der Waals surface area contributed by atoms with Crippen LogP contribution in [0.25, 0.3) is 11.1 Å². The lowest BCUT2D eigenvalue weighted by Gasteiger charge is -2.14. The number of aromatic amines is 1. The molecule has 2 heterocycles. The third-order valence-corrected chi connectivity index (χ3v) is 3.37. The van der Waals surface area contributed by atoms with Crippen LogP contribution in [0.5, 0.6) is 0 Å². The number of nitrogens with zero attached hydrogens (tertiary/aromatic N) is 1. The summed E-state index contributed by atoms with van der Waals surface area (Å²) in [5.74, 6) is -0.344. The van der Waals surface area contributed by atoms with Crippen molar-refractivity contribution in [3.63, 3.8) is 0 Å². The number of benzene rings is 1. The standard InChI is InChI=1S/C14H11ClN2O2/c1-8-4-13(19-14(8)18)12-5-10(15)2-3-11(12)9-6-16-17-7-9/h2-3,5-7,13H,1,4H2,(H,16,17). The first-order chi connectivity index (χ1) is 9.15. The Morgan fingerprint density at radius 3 is 2.95 bits per heavy atom. The van der Waals surface area contributed by atoms with Gasteiger partial charge in [-0.2, -0.15) is 5.10 Å². The number of H-pyrrole nitrogens is 1. The second kappa shape index (κ2) is 4.55. The Balaban J connectivity index is 2.07. The van der Waals surface area contributed by atoms with E-state index in [1.165, 1.54) is 0 Å². The minimum absolute atomic E-state index is 0.330. The van der Waals surface area contributed by atoms with E-state index >= 15 is 0 Å². The first kappa shape index (κ1) is 12.0. The van der Waals surface area contributed by atoms with E-state index in [1.807, 2.05) is 12.1 Å². The van der Waals surface area contributed by atoms with Gasteiger partial charge in [-0.1, -0.05) is 24.2 Å². The van der Waals surface area contributed by atoms with Crippen LogP contribution in [0.4, 0.5) is 0 Å². The molecule has 1 aromatic carbocycles. The van der Waals surface area contributed by atoms with Crippen molar-refractivity contribution in [1.82, 2.24) is 10.2 Å². The molecule has 0 radical (unpaired) electrons. The molecule has 1 N–H and O–H groups in total. The number of hydrogen-bond donors (Lipinski definition) is 1. The van der Waals surface area contributed by atoms with Crippen molar-refractivity contribution in [1.29, 1.82) is 0 Å². The lowest BCUT2D eigenvalue weighted by molar-refractivity contribution is -0.139. The van der Waals surface area contributed by atoms with Crippen molar-refractivity contribution in [3.05, 3.63) is 53.3 Å². The van der Waals surface area contributed by atoms with Crippen molar-refractivity contribution >= 4 is 17.6 Å². The van der Waals surface area contributed by atoms with Gasteiger partial charge in [-0.05, 0) is 17.7 Å². The van der Waals surface area contributed by atoms with Crippen LogP contribution in [0.2, 0.25) is 5.02 Å². The maximum Gasteiger partial charge on any atom is 0.334 e. The molecule has 0 saturated carbocycles. The summed E-state index contributed by atoms with van der Waals surface area (Å²) in [7, 11) is 0. The molecule has 1 aliphatic heterocycles. The predicted molar refractivity (Wildman–Crippen MR) is 71.6 cm³/mol. The molecule has 0 amide bonds. The molecule has 0 bridgehead atoms. The molecule has 19 heavy (non-hydrogen) atoms. The van der Waals surface area contributed by atoms with Gasteiger partial charge in [0.15, 0.2) is 0 Å². The average molecular weight is 275 g/mol. The van der Waals surface area contributed by atoms with Gasteiger partial charge >= 0.3 is 5.97 Å². The van der Waals surface area contributed by atoms with Crippen LogP contribution < -0.4 is 0 Å². The van der Waals surface area contributed by atoms with Crippen LogP contribution in [0.15, 0.2) is 42.7 Å². The summed E-state index contributed by atoms with van der Waals surface area (Å²) in [5, 5.41) is 7.31. The van der Waals surface area contributed by atoms with Crippen LogP contribution in [-0.2, 0) is 9.53 Å². The van der Waals surface area contributed by atoms with Crippen LogP contribution in [0, 0.1) is 0 Å². The Morgan fingerprint density at radius 2 is 2.32 bits per heavy atom. The highest BCUT2D eigenvalue weighted by molar-refractivity contribution is 6.30. The summed E-state index contributed by atoms with van der Waals surface area (Å²) < 4.78 is 5.33. The molecule has 5 heteroatoms. The van der Waals surface area contributed by atoms with E-state index in [-0.39, 0.29) is 12.1 Å².